The number of rotatable bonds is 3. The number of hydrogen-bond donors (Lipinski definition) is 1. The molecule has 2 nitrogen and oxygen atoms in total. The van der Waals surface area contributed by atoms with Gasteiger partial charge in [-0.3, -0.25) is 4.98 Å². The molecule has 3 heteroatoms. The zero-order valence-corrected chi connectivity index (χ0v) is 10.6. The zero-order chi connectivity index (χ0) is 12.3. The molecule has 94 valence electrons. The summed E-state index contributed by atoms with van der Waals surface area (Å²) in [5, 5.41) is 3.59. The van der Waals surface area contributed by atoms with Gasteiger partial charge in [0.25, 0.3) is 0 Å². The van der Waals surface area contributed by atoms with Crippen LogP contribution in [0.25, 0.3) is 0 Å². The van der Waals surface area contributed by atoms with Crippen LogP contribution in [0.4, 0.5) is 4.39 Å². The number of halogens is 1. The predicted octanol–water partition coefficient (Wildman–Crippen LogP) is 3.45. The molecule has 0 aliphatic heterocycles. The van der Waals surface area contributed by atoms with Gasteiger partial charge in [0.15, 0.2) is 0 Å². The van der Waals surface area contributed by atoms with Crippen LogP contribution in [0.1, 0.15) is 51.1 Å². The third kappa shape index (κ3) is 3.50. The van der Waals surface area contributed by atoms with E-state index in [4.69, 9.17) is 0 Å². The Hall–Kier alpha value is -0.960. The Bertz CT molecular complexity index is 367. The fraction of sp³-hybridized carbons (Fsp3) is 0.643. The summed E-state index contributed by atoms with van der Waals surface area (Å²) < 4.78 is 13.1. The first-order chi connectivity index (χ1) is 8.15. The Morgan fingerprint density at radius 1 is 1.41 bits per heavy atom. The van der Waals surface area contributed by atoms with Crippen molar-refractivity contribution in [1.82, 2.24) is 10.3 Å². The smallest absolute Gasteiger partial charge is 0.141 e. The van der Waals surface area contributed by atoms with Crippen LogP contribution in [0.2, 0.25) is 0 Å². The first-order valence-corrected chi connectivity index (χ1v) is 6.51. The van der Waals surface area contributed by atoms with Gasteiger partial charge < -0.3 is 5.32 Å². The van der Waals surface area contributed by atoms with Gasteiger partial charge in [-0.05, 0) is 37.3 Å². The van der Waals surface area contributed by atoms with Gasteiger partial charge in [0.2, 0.25) is 0 Å². The van der Waals surface area contributed by atoms with Crippen molar-refractivity contribution in [3.05, 3.63) is 29.8 Å². The van der Waals surface area contributed by atoms with Crippen LogP contribution < -0.4 is 5.32 Å². The Morgan fingerprint density at radius 2 is 2.24 bits per heavy atom. The maximum atomic E-state index is 13.1. The lowest BCUT2D eigenvalue weighted by Gasteiger charge is -2.30. The quantitative estimate of drug-likeness (QED) is 0.869. The third-order valence-corrected chi connectivity index (χ3v) is 3.65. The molecule has 1 aromatic heterocycles. The van der Waals surface area contributed by atoms with Crippen molar-refractivity contribution >= 4 is 0 Å². The molecule has 0 aromatic carbocycles. The Labute approximate surface area is 103 Å². The largest absolute Gasteiger partial charge is 0.307 e. The lowest BCUT2D eigenvalue weighted by atomic mass is 9.86. The standard InChI is InChI=1S/C14H21FN2/c1-10-4-3-5-14(6-10)17-11(2)12-7-13(15)9-16-8-12/h7-11,14,17H,3-6H2,1-2H3. The van der Waals surface area contributed by atoms with Crippen molar-refractivity contribution in [2.24, 2.45) is 5.92 Å². The molecule has 0 radical (unpaired) electrons. The van der Waals surface area contributed by atoms with Gasteiger partial charge in [0.05, 0.1) is 6.20 Å². The molecule has 0 saturated heterocycles. The molecule has 1 fully saturated rings. The second-order valence-corrected chi connectivity index (χ2v) is 5.29. The van der Waals surface area contributed by atoms with Crippen LogP contribution in [0.15, 0.2) is 18.5 Å². The molecule has 0 spiro atoms. The van der Waals surface area contributed by atoms with Gasteiger partial charge in [0, 0.05) is 18.3 Å². The second kappa shape index (κ2) is 5.58. The van der Waals surface area contributed by atoms with Crippen LogP contribution in [0, 0.1) is 11.7 Å². The topological polar surface area (TPSA) is 24.9 Å². The van der Waals surface area contributed by atoms with E-state index in [2.05, 4.69) is 24.1 Å². The molecule has 1 heterocycles. The fourth-order valence-corrected chi connectivity index (χ4v) is 2.70. The van der Waals surface area contributed by atoms with E-state index >= 15 is 0 Å². The first-order valence-electron chi connectivity index (χ1n) is 6.51. The zero-order valence-electron chi connectivity index (χ0n) is 10.6. The molecule has 0 amide bonds. The van der Waals surface area contributed by atoms with Gasteiger partial charge in [-0.2, -0.15) is 0 Å². The van der Waals surface area contributed by atoms with Crippen LogP contribution in [-0.2, 0) is 0 Å². The minimum Gasteiger partial charge on any atom is -0.307 e. The number of nitrogens with one attached hydrogen (secondary N) is 1. The molecule has 1 saturated carbocycles. The Balaban J connectivity index is 1.94. The third-order valence-electron chi connectivity index (χ3n) is 3.65. The predicted molar refractivity (Wildman–Crippen MR) is 67.2 cm³/mol. The normalized spacial score (nSPS) is 26.8. The fourth-order valence-electron chi connectivity index (χ4n) is 2.70. The van der Waals surface area contributed by atoms with E-state index in [1.165, 1.54) is 31.9 Å². The van der Waals surface area contributed by atoms with Crippen LogP contribution >= 0.6 is 0 Å². The highest BCUT2D eigenvalue weighted by Crippen LogP contribution is 2.25. The molecule has 1 aliphatic carbocycles. The lowest BCUT2D eigenvalue weighted by Crippen LogP contribution is -2.35. The summed E-state index contributed by atoms with van der Waals surface area (Å²) in [7, 11) is 0. The van der Waals surface area contributed by atoms with Crippen molar-refractivity contribution in [3.8, 4) is 0 Å². The van der Waals surface area contributed by atoms with E-state index in [-0.39, 0.29) is 11.9 Å². The van der Waals surface area contributed by atoms with Crippen molar-refractivity contribution in [1.29, 1.82) is 0 Å². The first kappa shape index (κ1) is 12.5. The molecule has 1 N–H and O–H groups in total. The molecular weight excluding hydrogens is 215 g/mol. The van der Waals surface area contributed by atoms with Gasteiger partial charge in [-0.1, -0.05) is 19.8 Å². The van der Waals surface area contributed by atoms with E-state index in [9.17, 15) is 4.39 Å². The molecule has 3 unspecified atom stereocenters. The molecule has 17 heavy (non-hydrogen) atoms. The Kier molecular flexibility index (Phi) is 4.11. The molecule has 2 rings (SSSR count). The number of hydrogen-bond acceptors (Lipinski definition) is 2. The summed E-state index contributed by atoms with van der Waals surface area (Å²) in [5.41, 5.74) is 0.934. The molecule has 0 bridgehead atoms. The minimum absolute atomic E-state index is 0.175. The highest BCUT2D eigenvalue weighted by molar-refractivity contribution is 5.14. The SMILES string of the molecule is CC1CCCC(NC(C)c2cncc(F)c2)C1. The molecular formula is C14H21FN2. The molecule has 3 atom stereocenters. The van der Waals surface area contributed by atoms with Gasteiger partial charge in [0.1, 0.15) is 5.82 Å². The molecule has 1 aliphatic rings. The van der Waals surface area contributed by atoms with Crippen molar-refractivity contribution in [2.45, 2.75) is 51.6 Å². The maximum absolute atomic E-state index is 13.1. The number of pyridine rings is 1. The molecule has 1 aromatic rings. The van der Waals surface area contributed by atoms with E-state index in [0.29, 0.717) is 6.04 Å². The number of nitrogens with zero attached hydrogens (tertiary/aromatic N) is 1. The summed E-state index contributed by atoms with van der Waals surface area (Å²) in [4.78, 5) is 3.90. The summed E-state index contributed by atoms with van der Waals surface area (Å²) in [6.45, 7) is 4.39. The average Bonchev–Trinajstić information content (AvgIpc) is 2.29. The van der Waals surface area contributed by atoms with Gasteiger partial charge >= 0.3 is 0 Å². The minimum atomic E-state index is -0.256. The average molecular weight is 236 g/mol. The van der Waals surface area contributed by atoms with E-state index in [1.54, 1.807) is 12.3 Å². The highest BCUT2D eigenvalue weighted by Gasteiger charge is 2.20. The summed E-state index contributed by atoms with van der Waals surface area (Å²) >= 11 is 0. The van der Waals surface area contributed by atoms with Crippen molar-refractivity contribution in [2.75, 3.05) is 0 Å². The van der Waals surface area contributed by atoms with E-state index in [1.807, 2.05) is 0 Å². The monoisotopic (exact) mass is 236 g/mol. The highest BCUT2D eigenvalue weighted by atomic mass is 19.1. The summed E-state index contributed by atoms with van der Waals surface area (Å²) in [5.74, 6) is 0.548. The van der Waals surface area contributed by atoms with Crippen LogP contribution in [0.3, 0.4) is 0 Å². The van der Waals surface area contributed by atoms with Crippen LogP contribution in [0.5, 0.6) is 0 Å². The summed E-state index contributed by atoms with van der Waals surface area (Å²) in [6.07, 6.45) is 8.09. The van der Waals surface area contributed by atoms with Gasteiger partial charge in [-0.15, -0.1) is 0 Å². The van der Waals surface area contributed by atoms with Crippen molar-refractivity contribution < 1.29 is 4.39 Å². The second-order valence-electron chi connectivity index (χ2n) is 5.29. The van der Waals surface area contributed by atoms with Gasteiger partial charge in [-0.25, -0.2) is 4.39 Å². The maximum Gasteiger partial charge on any atom is 0.141 e. The summed E-state index contributed by atoms with van der Waals surface area (Å²) in [6, 6.07) is 2.31. The van der Waals surface area contributed by atoms with Crippen LogP contribution in [-0.4, -0.2) is 11.0 Å². The van der Waals surface area contributed by atoms with E-state index in [0.717, 1.165) is 11.5 Å². The number of aromatic nitrogens is 1. The van der Waals surface area contributed by atoms with E-state index < -0.39 is 0 Å². The lowest BCUT2D eigenvalue weighted by molar-refractivity contribution is 0.285. The van der Waals surface area contributed by atoms with Crippen molar-refractivity contribution in [3.63, 3.8) is 0 Å². The Morgan fingerprint density at radius 3 is 2.94 bits per heavy atom.